The van der Waals surface area contributed by atoms with Gasteiger partial charge in [-0.25, -0.2) is 28.6 Å². The maximum atomic E-state index is 12.7. The van der Waals surface area contributed by atoms with E-state index in [2.05, 4.69) is 34.4 Å². The quantitative estimate of drug-likeness (QED) is 0.0419. The Hall–Kier alpha value is -2.87. The predicted molar refractivity (Wildman–Crippen MR) is 193 cm³/mol. The average molecular weight is 880 g/mol. The van der Waals surface area contributed by atoms with Crippen LogP contribution in [0.25, 0.3) is 11.2 Å². The normalized spacial score (nSPS) is 22.4. The first kappa shape index (κ1) is 48.5. The van der Waals surface area contributed by atoms with Gasteiger partial charge < -0.3 is 60.5 Å². The lowest BCUT2D eigenvalue weighted by Gasteiger charge is -2.30. The van der Waals surface area contributed by atoms with Crippen molar-refractivity contribution in [3.05, 3.63) is 12.7 Å². The first-order chi connectivity index (χ1) is 26.1. The van der Waals surface area contributed by atoms with Gasteiger partial charge in [0.25, 0.3) is 0 Å². The van der Waals surface area contributed by atoms with E-state index in [0.717, 1.165) is 17.2 Å². The van der Waals surface area contributed by atoms with Gasteiger partial charge >= 0.3 is 23.5 Å². The van der Waals surface area contributed by atoms with Gasteiger partial charge in [0.05, 0.1) is 40.7 Å². The summed E-state index contributed by atoms with van der Waals surface area (Å²) in [7, 11) is -10.8. The molecule has 8 atom stereocenters. The molecule has 1 aliphatic rings. The van der Waals surface area contributed by atoms with Crippen molar-refractivity contribution in [1.82, 2.24) is 30.2 Å². The van der Waals surface area contributed by atoms with E-state index in [1.54, 1.807) is 0 Å². The molecule has 57 heavy (non-hydrogen) atoms. The molecule has 2 amide bonds. The summed E-state index contributed by atoms with van der Waals surface area (Å²) in [4.78, 5) is 87.7. The molecule has 1 saturated heterocycles. The second-order valence-corrected chi connectivity index (χ2v) is 18.9. The standard InChI is InChI=1S/C28H49N8O18P3/c1-28(2,23(41)26(42)31-9-7-19(39)30-8-6-16(37)10-17(38)11-36(3,4)5)13-51-57(48,49)54-56(46,47)50-12-18-22(53-55(43,44)45)21(40)27(52-18)35-15-34-20-24(29)32-14-33-25(20)35/h14-15,17-18,21-23,27,38,40-41H,6-13H2,1-5H3,(H7-,29,30,31,32,33,39,42,43,44,45,46,47,48,49)/p+1. The number of phosphoric ester groups is 3. The van der Waals surface area contributed by atoms with Gasteiger partial charge in [0.15, 0.2) is 17.7 Å². The second kappa shape index (κ2) is 19.5. The van der Waals surface area contributed by atoms with Crippen molar-refractivity contribution in [2.24, 2.45) is 5.41 Å². The highest BCUT2D eigenvalue weighted by atomic mass is 31.3. The number of ether oxygens (including phenoxy) is 1. The number of phosphoric acid groups is 3. The highest BCUT2D eigenvalue weighted by molar-refractivity contribution is 7.61. The molecule has 0 bridgehead atoms. The minimum atomic E-state index is -5.58. The molecule has 3 rings (SSSR count). The number of carbonyl (C=O) groups is 3. The van der Waals surface area contributed by atoms with Crippen LogP contribution in [0.5, 0.6) is 0 Å². The summed E-state index contributed by atoms with van der Waals surface area (Å²) < 4.78 is 62.5. The number of imidazole rings is 1. The zero-order valence-corrected chi connectivity index (χ0v) is 34.2. The highest BCUT2D eigenvalue weighted by Crippen LogP contribution is 2.61. The number of amides is 2. The van der Waals surface area contributed by atoms with Gasteiger partial charge in [-0.05, 0) is 0 Å². The topological polar surface area (TPSA) is 384 Å². The fourth-order valence-electron chi connectivity index (χ4n) is 5.34. The maximum Gasteiger partial charge on any atom is 0.481 e. The molecule has 0 aromatic carbocycles. The number of nitrogens with two attached hydrogens (primary N) is 1. The molecule has 0 saturated carbocycles. The SMILES string of the molecule is CC(C)(COP(=O)(O)OP(=O)(O)OCC1OC(n2cnc3c(N)ncnc32)C(O)C1OP(=O)(O)O)C(O)C(=O)NCCC(=O)NCCC(=O)CC(O)C[N+](C)(C)C. The molecule has 26 nitrogen and oxygen atoms in total. The Balaban J connectivity index is 1.48. The summed E-state index contributed by atoms with van der Waals surface area (Å²) in [5, 5.41) is 36.3. The van der Waals surface area contributed by atoms with Crippen LogP contribution in [0.15, 0.2) is 12.7 Å². The molecule has 2 aromatic heterocycles. The van der Waals surface area contributed by atoms with Gasteiger partial charge in [0.1, 0.15) is 54.7 Å². The van der Waals surface area contributed by atoms with Crippen LogP contribution in [0.4, 0.5) is 5.82 Å². The molecular weight excluding hydrogens is 829 g/mol. The Kier molecular flexibility index (Phi) is 16.6. The van der Waals surface area contributed by atoms with Crippen LogP contribution in [-0.4, -0.2) is 161 Å². The molecule has 0 radical (unpaired) electrons. The number of anilines is 1. The zero-order chi connectivity index (χ0) is 43.1. The van der Waals surface area contributed by atoms with Crippen molar-refractivity contribution in [1.29, 1.82) is 0 Å². The Morgan fingerprint density at radius 2 is 1.63 bits per heavy atom. The predicted octanol–water partition coefficient (Wildman–Crippen LogP) is -2.18. The number of nitrogen functional groups attached to an aromatic ring is 1. The number of nitrogens with one attached hydrogen (secondary N) is 2. The van der Waals surface area contributed by atoms with Gasteiger partial charge in [-0.1, -0.05) is 13.8 Å². The molecule has 11 N–H and O–H groups in total. The van der Waals surface area contributed by atoms with Crippen LogP contribution in [-0.2, 0) is 50.7 Å². The third-order valence-electron chi connectivity index (χ3n) is 8.03. The molecule has 0 aliphatic carbocycles. The van der Waals surface area contributed by atoms with E-state index in [1.807, 2.05) is 21.1 Å². The monoisotopic (exact) mass is 879 g/mol. The van der Waals surface area contributed by atoms with Crippen molar-refractivity contribution in [3.63, 3.8) is 0 Å². The van der Waals surface area contributed by atoms with Crippen LogP contribution >= 0.6 is 23.5 Å². The Morgan fingerprint density at radius 3 is 2.26 bits per heavy atom. The van der Waals surface area contributed by atoms with Gasteiger partial charge in [-0.15, -0.1) is 0 Å². The van der Waals surface area contributed by atoms with E-state index in [4.69, 9.17) is 19.5 Å². The Labute approximate surface area is 325 Å². The fourth-order valence-corrected chi connectivity index (χ4v) is 8.17. The number of fused-ring (bicyclic) bond motifs is 1. The smallest absolute Gasteiger partial charge is 0.387 e. The molecular formula is C28H50N8O18P3+. The number of rotatable bonds is 23. The number of hydrogen-bond acceptors (Lipinski definition) is 18. The summed E-state index contributed by atoms with van der Waals surface area (Å²) >= 11 is 0. The van der Waals surface area contributed by atoms with Crippen LogP contribution in [0, 0.1) is 5.41 Å². The molecule has 324 valence electrons. The summed E-state index contributed by atoms with van der Waals surface area (Å²) in [6.45, 7) is 0.553. The second-order valence-electron chi connectivity index (χ2n) is 14.7. The lowest BCUT2D eigenvalue weighted by Crippen LogP contribution is -2.46. The summed E-state index contributed by atoms with van der Waals surface area (Å²) in [6.07, 6.45) is -7.95. The number of hydrogen-bond donors (Lipinski definition) is 10. The number of aliphatic hydroxyl groups is 3. The number of carbonyl (C=O) groups excluding carboxylic acids is 3. The Bertz CT molecular complexity index is 1870. The number of Topliss-reactive ketones (excluding diaryl/α,β-unsaturated/α-hetero) is 1. The van der Waals surface area contributed by atoms with E-state index in [-0.39, 0.29) is 55.1 Å². The van der Waals surface area contributed by atoms with E-state index >= 15 is 0 Å². The van der Waals surface area contributed by atoms with Crippen molar-refractivity contribution in [2.75, 3.05) is 59.7 Å². The van der Waals surface area contributed by atoms with Crippen LogP contribution in [0.2, 0.25) is 0 Å². The third-order valence-corrected chi connectivity index (χ3v) is 11.1. The van der Waals surface area contributed by atoms with Crippen LogP contribution in [0.1, 0.15) is 39.3 Å². The third kappa shape index (κ3) is 15.3. The van der Waals surface area contributed by atoms with Crippen molar-refractivity contribution in [3.8, 4) is 0 Å². The van der Waals surface area contributed by atoms with E-state index in [0.29, 0.717) is 11.0 Å². The summed E-state index contributed by atoms with van der Waals surface area (Å²) in [5.74, 6) is -1.82. The van der Waals surface area contributed by atoms with Gasteiger partial charge in [0.2, 0.25) is 11.8 Å². The number of nitrogens with zero attached hydrogens (tertiary/aromatic N) is 5. The molecule has 1 aliphatic heterocycles. The van der Waals surface area contributed by atoms with E-state index in [9.17, 15) is 63.0 Å². The number of likely N-dealkylation sites (N-methyl/N-ethyl adjacent to an activating group) is 1. The van der Waals surface area contributed by atoms with E-state index in [1.165, 1.54) is 13.8 Å². The highest BCUT2D eigenvalue weighted by Gasteiger charge is 2.50. The van der Waals surface area contributed by atoms with Crippen LogP contribution < -0.4 is 16.4 Å². The van der Waals surface area contributed by atoms with Gasteiger partial charge in [-0.2, -0.15) is 4.31 Å². The van der Waals surface area contributed by atoms with Crippen LogP contribution in [0.3, 0.4) is 0 Å². The van der Waals surface area contributed by atoms with Gasteiger partial charge in [-0.3, -0.25) is 32.5 Å². The summed E-state index contributed by atoms with van der Waals surface area (Å²) in [5.41, 5.74) is 4.22. The first-order valence-corrected chi connectivity index (χ1v) is 21.5. The minimum absolute atomic E-state index is 0.00461. The van der Waals surface area contributed by atoms with Crippen molar-refractivity contribution in [2.45, 2.75) is 69.9 Å². The summed E-state index contributed by atoms with van der Waals surface area (Å²) in [6, 6.07) is 0. The molecule has 2 aromatic rings. The molecule has 3 heterocycles. The minimum Gasteiger partial charge on any atom is -0.387 e. The van der Waals surface area contributed by atoms with Crippen molar-refractivity contribution >= 4 is 58.0 Å². The molecule has 1 fully saturated rings. The van der Waals surface area contributed by atoms with E-state index < -0.39 is 90.7 Å². The number of ketones is 1. The number of aromatic nitrogens is 4. The largest absolute Gasteiger partial charge is 0.481 e. The lowest BCUT2D eigenvalue weighted by molar-refractivity contribution is -0.873. The van der Waals surface area contributed by atoms with Crippen molar-refractivity contribution < 1.29 is 90.1 Å². The lowest BCUT2D eigenvalue weighted by atomic mass is 9.87. The van der Waals surface area contributed by atoms with Gasteiger partial charge in [0, 0.05) is 37.8 Å². The number of quaternary nitrogens is 1. The molecule has 8 unspecified atom stereocenters. The number of aliphatic hydroxyl groups excluding tert-OH is 3. The average Bonchev–Trinajstić information content (AvgIpc) is 3.61. The maximum absolute atomic E-state index is 12.7. The molecule has 29 heteroatoms. The molecule has 0 spiro atoms. The zero-order valence-electron chi connectivity index (χ0n) is 31.6. The first-order valence-electron chi connectivity index (χ1n) is 17.0. The Morgan fingerprint density at radius 1 is 1.00 bits per heavy atom. The fraction of sp³-hybridized carbons (Fsp3) is 0.714.